The van der Waals surface area contributed by atoms with Gasteiger partial charge in [0.2, 0.25) is 0 Å². The van der Waals surface area contributed by atoms with Crippen LogP contribution in [0.1, 0.15) is 78.2 Å². The van der Waals surface area contributed by atoms with E-state index >= 15 is 0 Å². The molecule has 0 saturated heterocycles. The molecule has 1 heteroatoms. The number of fused-ring (bicyclic) bond motifs is 1. The van der Waals surface area contributed by atoms with E-state index in [9.17, 15) is 0 Å². The minimum atomic E-state index is 0.534. The monoisotopic (exact) mass is 355 g/mol. The molecule has 0 bridgehead atoms. The Morgan fingerprint density at radius 3 is 2.35 bits per heavy atom. The maximum atomic E-state index is 2.62. The number of nitrogens with zero attached hydrogens (tertiary/aromatic N) is 1. The highest BCUT2D eigenvalue weighted by Gasteiger charge is 2.54. The maximum absolute atomic E-state index is 2.62. The number of benzene rings is 1. The molecule has 0 aliphatic heterocycles. The third-order valence-electron chi connectivity index (χ3n) is 8.49. The van der Waals surface area contributed by atoms with Gasteiger partial charge >= 0.3 is 0 Å². The first-order valence-electron chi connectivity index (χ1n) is 11.1. The second-order valence-corrected chi connectivity index (χ2v) is 10.1. The van der Waals surface area contributed by atoms with Crippen molar-refractivity contribution < 1.29 is 0 Å². The number of anilines is 1. The third-order valence-corrected chi connectivity index (χ3v) is 8.49. The summed E-state index contributed by atoms with van der Waals surface area (Å²) in [6.45, 7) is 12.6. The van der Waals surface area contributed by atoms with Crippen molar-refractivity contribution >= 4 is 5.69 Å². The van der Waals surface area contributed by atoms with E-state index in [1.807, 2.05) is 0 Å². The zero-order valence-electron chi connectivity index (χ0n) is 18.3. The van der Waals surface area contributed by atoms with Crippen LogP contribution in [-0.4, -0.2) is 14.1 Å². The summed E-state index contributed by atoms with van der Waals surface area (Å²) in [5.74, 6) is 5.04. The van der Waals surface area contributed by atoms with Crippen LogP contribution < -0.4 is 4.90 Å². The molecule has 2 aliphatic rings. The van der Waals surface area contributed by atoms with E-state index in [0.29, 0.717) is 5.41 Å². The first kappa shape index (κ1) is 19.8. The average molecular weight is 356 g/mol. The Kier molecular flexibility index (Phi) is 5.75. The van der Waals surface area contributed by atoms with Crippen LogP contribution in [0, 0.1) is 35.0 Å². The van der Waals surface area contributed by atoms with E-state index < -0.39 is 0 Å². The van der Waals surface area contributed by atoms with Crippen LogP contribution in [-0.2, 0) is 0 Å². The van der Waals surface area contributed by atoms with Gasteiger partial charge in [-0.3, -0.25) is 0 Å². The van der Waals surface area contributed by atoms with Crippen LogP contribution in [0.5, 0.6) is 0 Å². The van der Waals surface area contributed by atoms with Gasteiger partial charge in [0.05, 0.1) is 0 Å². The van der Waals surface area contributed by atoms with Crippen molar-refractivity contribution in [1.29, 1.82) is 0 Å². The van der Waals surface area contributed by atoms with Gasteiger partial charge < -0.3 is 4.90 Å². The molecule has 2 saturated carbocycles. The smallest absolute Gasteiger partial charge is 0.0361 e. The average Bonchev–Trinajstić information content (AvgIpc) is 2.90. The molecule has 0 heterocycles. The Morgan fingerprint density at radius 1 is 1.12 bits per heavy atom. The molecule has 0 radical (unpaired) electrons. The van der Waals surface area contributed by atoms with Crippen molar-refractivity contribution in [2.45, 2.75) is 72.6 Å². The van der Waals surface area contributed by atoms with Crippen molar-refractivity contribution in [3.8, 4) is 0 Å². The zero-order valence-corrected chi connectivity index (χ0v) is 18.3. The summed E-state index contributed by atoms with van der Waals surface area (Å²) in [5, 5.41) is 0. The number of rotatable bonds is 5. The van der Waals surface area contributed by atoms with Crippen molar-refractivity contribution in [2.75, 3.05) is 19.0 Å². The minimum absolute atomic E-state index is 0.534. The normalized spacial score (nSPS) is 38.0. The number of hydrogen-bond donors (Lipinski definition) is 0. The van der Waals surface area contributed by atoms with Gasteiger partial charge in [0.15, 0.2) is 0 Å². The predicted octanol–water partition coefficient (Wildman–Crippen LogP) is 6.98. The van der Waals surface area contributed by atoms with Crippen molar-refractivity contribution in [3.63, 3.8) is 0 Å². The molecule has 146 valence electrons. The molecule has 2 fully saturated rings. The van der Waals surface area contributed by atoms with E-state index in [1.54, 1.807) is 5.56 Å². The molecule has 2 aliphatic carbocycles. The second-order valence-electron chi connectivity index (χ2n) is 10.1. The molecule has 0 aromatic heterocycles. The largest absolute Gasteiger partial charge is 0.378 e. The van der Waals surface area contributed by atoms with Crippen LogP contribution >= 0.6 is 0 Å². The zero-order chi connectivity index (χ0) is 19.1. The SMILES string of the molecule is CCCC(C)C1C(c2ccc(N(C)C)cc2)CC2(C)C(C)CCC2C1C. The minimum Gasteiger partial charge on any atom is -0.378 e. The van der Waals surface area contributed by atoms with Crippen LogP contribution in [0.2, 0.25) is 0 Å². The van der Waals surface area contributed by atoms with E-state index in [4.69, 9.17) is 0 Å². The summed E-state index contributed by atoms with van der Waals surface area (Å²) in [4.78, 5) is 2.21. The van der Waals surface area contributed by atoms with E-state index in [0.717, 1.165) is 35.5 Å². The lowest BCUT2D eigenvalue weighted by Gasteiger charge is -2.53. The summed E-state index contributed by atoms with van der Waals surface area (Å²) in [7, 11) is 4.27. The highest BCUT2D eigenvalue weighted by molar-refractivity contribution is 5.46. The molecule has 26 heavy (non-hydrogen) atoms. The maximum Gasteiger partial charge on any atom is 0.0361 e. The van der Waals surface area contributed by atoms with E-state index in [2.05, 4.69) is 77.9 Å². The highest BCUT2D eigenvalue weighted by Crippen LogP contribution is 2.63. The summed E-state index contributed by atoms with van der Waals surface area (Å²) in [6, 6.07) is 9.52. The lowest BCUT2D eigenvalue weighted by molar-refractivity contribution is -0.0135. The molecule has 7 unspecified atom stereocenters. The van der Waals surface area contributed by atoms with Gasteiger partial charge in [-0.1, -0.05) is 59.6 Å². The highest BCUT2D eigenvalue weighted by atomic mass is 15.1. The summed E-state index contributed by atoms with van der Waals surface area (Å²) in [5.41, 5.74) is 3.44. The van der Waals surface area contributed by atoms with Gasteiger partial charge in [-0.05, 0) is 77.9 Å². The lowest BCUT2D eigenvalue weighted by Crippen LogP contribution is -2.45. The molecule has 0 N–H and O–H groups in total. The fourth-order valence-electron chi connectivity index (χ4n) is 6.84. The van der Waals surface area contributed by atoms with E-state index in [1.165, 1.54) is 37.8 Å². The van der Waals surface area contributed by atoms with Crippen molar-refractivity contribution in [1.82, 2.24) is 0 Å². The molecule has 1 aromatic carbocycles. The topological polar surface area (TPSA) is 3.24 Å². The van der Waals surface area contributed by atoms with Gasteiger partial charge in [-0.2, -0.15) is 0 Å². The molecule has 1 nitrogen and oxygen atoms in total. The quantitative estimate of drug-likeness (QED) is 0.550. The fourth-order valence-corrected chi connectivity index (χ4v) is 6.84. The lowest BCUT2D eigenvalue weighted by atomic mass is 9.51. The molecular weight excluding hydrogens is 314 g/mol. The Balaban J connectivity index is 1.97. The fraction of sp³-hybridized carbons (Fsp3) is 0.760. The van der Waals surface area contributed by atoms with Gasteiger partial charge in [-0.15, -0.1) is 0 Å². The molecule has 0 amide bonds. The summed E-state index contributed by atoms with van der Waals surface area (Å²) < 4.78 is 0. The Labute approximate surface area is 162 Å². The van der Waals surface area contributed by atoms with E-state index in [-0.39, 0.29) is 0 Å². The van der Waals surface area contributed by atoms with Gasteiger partial charge in [0.25, 0.3) is 0 Å². The molecule has 3 rings (SSSR count). The Hall–Kier alpha value is -0.980. The molecule has 0 spiro atoms. The first-order chi connectivity index (χ1) is 12.3. The van der Waals surface area contributed by atoms with Crippen LogP contribution in [0.25, 0.3) is 0 Å². The Morgan fingerprint density at radius 2 is 1.77 bits per heavy atom. The van der Waals surface area contributed by atoms with Gasteiger partial charge in [0, 0.05) is 19.8 Å². The standard InChI is InChI=1S/C25H41N/c1-8-9-17(2)24-19(4)23-15-10-18(3)25(23,5)16-22(24)20-11-13-21(14-12-20)26(6)7/h11-14,17-19,22-24H,8-10,15-16H2,1-7H3. The first-order valence-corrected chi connectivity index (χ1v) is 11.1. The van der Waals surface area contributed by atoms with Crippen LogP contribution in [0.3, 0.4) is 0 Å². The van der Waals surface area contributed by atoms with Gasteiger partial charge in [-0.25, -0.2) is 0 Å². The molecule has 1 aromatic rings. The molecule has 7 atom stereocenters. The number of hydrogen-bond acceptors (Lipinski definition) is 1. The predicted molar refractivity (Wildman–Crippen MR) is 115 cm³/mol. The molecular formula is C25H41N. The van der Waals surface area contributed by atoms with Gasteiger partial charge in [0.1, 0.15) is 0 Å². The summed E-state index contributed by atoms with van der Waals surface area (Å²) >= 11 is 0. The van der Waals surface area contributed by atoms with Crippen molar-refractivity contribution in [2.24, 2.45) is 35.0 Å². The Bertz CT molecular complexity index is 589. The summed E-state index contributed by atoms with van der Waals surface area (Å²) in [6.07, 6.45) is 6.98. The van der Waals surface area contributed by atoms with Crippen molar-refractivity contribution in [3.05, 3.63) is 29.8 Å². The third kappa shape index (κ3) is 3.32. The van der Waals surface area contributed by atoms with Crippen LogP contribution in [0.15, 0.2) is 24.3 Å². The van der Waals surface area contributed by atoms with Crippen LogP contribution in [0.4, 0.5) is 5.69 Å². The second kappa shape index (κ2) is 7.56.